The second-order valence-electron chi connectivity index (χ2n) is 6.69. The maximum Gasteiger partial charge on any atom is 0.162 e. The number of aliphatic hydroxyl groups is 1. The summed E-state index contributed by atoms with van der Waals surface area (Å²) in [5.41, 5.74) is 3.34. The fourth-order valence-corrected chi connectivity index (χ4v) is 3.49. The molecule has 0 saturated carbocycles. The molecule has 5 rings (SSSR count). The van der Waals surface area contributed by atoms with E-state index in [0.29, 0.717) is 19.0 Å². The standard InChI is InChI=1S/C19H18N6O2/c26-17(13-4-5-27-10-13)14-6-15-9-23-25(19(15)20-8-14)16-3-1-2-12(7-16)18-21-11-22-24-18/h1-3,6-9,11,13,17,26H,4-5,10H2,(H,21,22,24)/t13-,17+/m1/s1. The van der Waals surface area contributed by atoms with Gasteiger partial charge < -0.3 is 9.84 Å². The number of ether oxygens (including phenoxy) is 1. The number of aromatic nitrogens is 6. The Bertz CT molecular complexity index is 1070. The molecule has 0 unspecified atom stereocenters. The monoisotopic (exact) mass is 362 g/mol. The van der Waals surface area contributed by atoms with Gasteiger partial charge in [-0.2, -0.15) is 10.2 Å². The molecule has 8 heteroatoms. The van der Waals surface area contributed by atoms with Gasteiger partial charge in [-0.15, -0.1) is 0 Å². The van der Waals surface area contributed by atoms with E-state index in [0.717, 1.165) is 34.3 Å². The first-order valence-corrected chi connectivity index (χ1v) is 8.85. The molecule has 0 radical (unpaired) electrons. The SMILES string of the molecule is O[C@H](c1cnc2c(cnn2-c2cccc(-c3ncn[nH]3)c2)c1)[C@@H]1CCOC1. The van der Waals surface area contributed by atoms with Crippen LogP contribution in [0.4, 0.5) is 0 Å². The molecule has 4 heterocycles. The number of H-pyrrole nitrogens is 1. The summed E-state index contributed by atoms with van der Waals surface area (Å²) < 4.78 is 7.16. The normalized spacial score (nSPS) is 18.2. The van der Waals surface area contributed by atoms with Crippen molar-refractivity contribution >= 4 is 11.0 Å². The Hall–Kier alpha value is -3.10. The topological polar surface area (TPSA) is 102 Å². The third kappa shape index (κ3) is 2.88. The van der Waals surface area contributed by atoms with Crippen LogP contribution >= 0.6 is 0 Å². The van der Waals surface area contributed by atoms with Crippen LogP contribution in [0.5, 0.6) is 0 Å². The number of nitrogens with one attached hydrogen (secondary N) is 1. The summed E-state index contributed by atoms with van der Waals surface area (Å²) in [4.78, 5) is 8.76. The van der Waals surface area contributed by atoms with Crippen molar-refractivity contribution in [2.75, 3.05) is 13.2 Å². The quantitative estimate of drug-likeness (QED) is 0.577. The van der Waals surface area contributed by atoms with Crippen molar-refractivity contribution in [3.8, 4) is 17.1 Å². The number of hydrogen-bond donors (Lipinski definition) is 2. The molecular formula is C19H18N6O2. The second-order valence-corrected chi connectivity index (χ2v) is 6.69. The van der Waals surface area contributed by atoms with Crippen molar-refractivity contribution in [1.82, 2.24) is 29.9 Å². The van der Waals surface area contributed by atoms with Gasteiger partial charge in [-0.1, -0.05) is 12.1 Å². The Morgan fingerprint density at radius 3 is 3.00 bits per heavy atom. The summed E-state index contributed by atoms with van der Waals surface area (Å²) >= 11 is 0. The number of aromatic amines is 1. The summed E-state index contributed by atoms with van der Waals surface area (Å²) in [5.74, 6) is 0.823. The van der Waals surface area contributed by atoms with Crippen LogP contribution in [0.15, 0.2) is 49.1 Å². The van der Waals surface area contributed by atoms with Gasteiger partial charge in [0, 0.05) is 29.7 Å². The van der Waals surface area contributed by atoms with Crippen LogP contribution in [0.2, 0.25) is 0 Å². The minimum atomic E-state index is -0.567. The molecule has 1 fully saturated rings. The van der Waals surface area contributed by atoms with Crippen molar-refractivity contribution in [3.63, 3.8) is 0 Å². The van der Waals surface area contributed by atoms with Crippen molar-refractivity contribution in [2.24, 2.45) is 5.92 Å². The van der Waals surface area contributed by atoms with Gasteiger partial charge in [-0.25, -0.2) is 14.6 Å². The molecule has 8 nitrogen and oxygen atoms in total. The van der Waals surface area contributed by atoms with E-state index in [1.807, 2.05) is 30.3 Å². The summed E-state index contributed by atoms with van der Waals surface area (Å²) in [6.07, 6.45) is 5.28. The summed E-state index contributed by atoms with van der Waals surface area (Å²) in [5, 5.41) is 22.7. The van der Waals surface area contributed by atoms with Crippen LogP contribution in [-0.4, -0.2) is 48.3 Å². The van der Waals surface area contributed by atoms with Crippen molar-refractivity contribution in [1.29, 1.82) is 0 Å². The molecule has 27 heavy (non-hydrogen) atoms. The molecular weight excluding hydrogens is 344 g/mol. The molecule has 2 atom stereocenters. The van der Waals surface area contributed by atoms with Crippen LogP contribution in [-0.2, 0) is 4.74 Å². The average Bonchev–Trinajstić information content (AvgIpc) is 3.48. The van der Waals surface area contributed by atoms with Crippen LogP contribution in [0.3, 0.4) is 0 Å². The molecule has 0 aliphatic carbocycles. The Balaban J connectivity index is 1.51. The van der Waals surface area contributed by atoms with E-state index in [1.165, 1.54) is 6.33 Å². The first-order valence-electron chi connectivity index (χ1n) is 8.85. The third-order valence-electron chi connectivity index (χ3n) is 4.96. The molecule has 1 saturated heterocycles. The van der Waals surface area contributed by atoms with Crippen molar-refractivity contribution < 1.29 is 9.84 Å². The lowest BCUT2D eigenvalue weighted by atomic mass is 9.96. The van der Waals surface area contributed by atoms with Gasteiger partial charge in [0.05, 0.1) is 24.6 Å². The molecule has 0 bridgehead atoms. The van der Waals surface area contributed by atoms with Gasteiger partial charge in [0.15, 0.2) is 11.5 Å². The zero-order chi connectivity index (χ0) is 18.2. The predicted molar refractivity (Wildman–Crippen MR) is 98.1 cm³/mol. The largest absolute Gasteiger partial charge is 0.388 e. The first kappa shape index (κ1) is 16.1. The molecule has 1 aliphatic rings. The number of fused-ring (bicyclic) bond motifs is 1. The lowest BCUT2D eigenvalue weighted by Gasteiger charge is -2.16. The van der Waals surface area contributed by atoms with Gasteiger partial charge in [0.2, 0.25) is 0 Å². The van der Waals surface area contributed by atoms with Crippen LogP contribution in [0, 0.1) is 5.92 Å². The molecule has 1 aromatic carbocycles. The van der Waals surface area contributed by atoms with E-state index in [-0.39, 0.29) is 5.92 Å². The average molecular weight is 362 g/mol. The lowest BCUT2D eigenvalue weighted by Crippen LogP contribution is -2.12. The van der Waals surface area contributed by atoms with Gasteiger partial charge in [0.25, 0.3) is 0 Å². The minimum Gasteiger partial charge on any atom is -0.388 e. The highest BCUT2D eigenvalue weighted by molar-refractivity contribution is 5.77. The maximum atomic E-state index is 10.6. The molecule has 3 aromatic heterocycles. The maximum absolute atomic E-state index is 10.6. The number of rotatable bonds is 4. The van der Waals surface area contributed by atoms with Crippen LogP contribution < -0.4 is 0 Å². The molecule has 0 amide bonds. The number of pyridine rings is 1. The summed E-state index contributed by atoms with van der Waals surface area (Å²) in [6, 6.07) is 9.80. The van der Waals surface area contributed by atoms with Crippen molar-refractivity contribution in [3.05, 3.63) is 54.6 Å². The second kappa shape index (κ2) is 6.57. The van der Waals surface area contributed by atoms with E-state index in [1.54, 1.807) is 17.1 Å². The van der Waals surface area contributed by atoms with Gasteiger partial charge in [-0.3, -0.25) is 5.10 Å². The number of hydrogen-bond acceptors (Lipinski definition) is 6. The van der Waals surface area contributed by atoms with Gasteiger partial charge >= 0.3 is 0 Å². The van der Waals surface area contributed by atoms with Gasteiger partial charge in [-0.05, 0) is 30.2 Å². The van der Waals surface area contributed by atoms with E-state index in [9.17, 15) is 5.11 Å². The van der Waals surface area contributed by atoms with E-state index >= 15 is 0 Å². The highest BCUT2D eigenvalue weighted by Gasteiger charge is 2.26. The van der Waals surface area contributed by atoms with E-state index < -0.39 is 6.10 Å². The fraction of sp³-hybridized carbons (Fsp3) is 0.263. The highest BCUT2D eigenvalue weighted by Crippen LogP contribution is 2.30. The zero-order valence-electron chi connectivity index (χ0n) is 14.5. The number of nitrogens with zero attached hydrogens (tertiary/aromatic N) is 5. The zero-order valence-corrected chi connectivity index (χ0v) is 14.5. The smallest absolute Gasteiger partial charge is 0.162 e. The van der Waals surface area contributed by atoms with Crippen LogP contribution in [0.1, 0.15) is 18.1 Å². The summed E-state index contributed by atoms with van der Waals surface area (Å²) in [6.45, 7) is 1.30. The molecule has 0 spiro atoms. The molecule has 136 valence electrons. The third-order valence-corrected chi connectivity index (χ3v) is 4.96. The van der Waals surface area contributed by atoms with Crippen LogP contribution in [0.25, 0.3) is 28.1 Å². The Kier molecular flexibility index (Phi) is 3.92. The lowest BCUT2D eigenvalue weighted by molar-refractivity contribution is 0.0917. The van der Waals surface area contributed by atoms with E-state index in [2.05, 4.69) is 25.3 Å². The summed E-state index contributed by atoms with van der Waals surface area (Å²) in [7, 11) is 0. The number of aliphatic hydroxyl groups excluding tert-OH is 1. The molecule has 1 aliphatic heterocycles. The van der Waals surface area contributed by atoms with Crippen molar-refractivity contribution in [2.45, 2.75) is 12.5 Å². The Labute approximate surface area is 154 Å². The minimum absolute atomic E-state index is 0.123. The first-order chi connectivity index (χ1) is 13.3. The molecule has 2 N–H and O–H groups in total. The van der Waals surface area contributed by atoms with Gasteiger partial charge in [0.1, 0.15) is 6.33 Å². The van der Waals surface area contributed by atoms with E-state index in [4.69, 9.17) is 4.74 Å². The number of benzene rings is 1. The Morgan fingerprint density at radius 2 is 2.19 bits per heavy atom. The predicted octanol–water partition coefficient (Wildman–Crippen LogP) is 2.28. The molecule has 4 aromatic rings. The fourth-order valence-electron chi connectivity index (χ4n) is 3.49. The highest BCUT2D eigenvalue weighted by atomic mass is 16.5. The Morgan fingerprint density at radius 1 is 1.22 bits per heavy atom.